The molecule has 0 unspecified atom stereocenters. The highest BCUT2D eigenvalue weighted by atomic mass is 15.3. The molecule has 1 aromatic carbocycles. The number of benzene rings is 1. The fraction of sp³-hybridized carbons (Fsp3) is 0.467. The summed E-state index contributed by atoms with van der Waals surface area (Å²) in [5.41, 5.74) is 2.45. The van der Waals surface area contributed by atoms with Crippen LogP contribution in [0.3, 0.4) is 0 Å². The first-order valence-electron chi connectivity index (χ1n) is 6.94. The molecule has 0 amide bonds. The number of hydrogen-bond acceptors (Lipinski definition) is 3. The van der Waals surface area contributed by atoms with Crippen molar-refractivity contribution in [2.75, 3.05) is 13.1 Å². The molecule has 1 aromatic heterocycles. The lowest BCUT2D eigenvalue weighted by Gasteiger charge is -2.24. The van der Waals surface area contributed by atoms with Gasteiger partial charge < -0.3 is 0 Å². The smallest absolute Gasteiger partial charge is 0.181 e. The van der Waals surface area contributed by atoms with Crippen molar-refractivity contribution in [1.29, 1.82) is 0 Å². The molecule has 3 rings (SSSR count). The van der Waals surface area contributed by atoms with Gasteiger partial charge in [0.25, 0.3) is 0 Å². The third-order valence-corrected chi connectivity index (χ3v) is 3.92. The molecule has 100 valence electrons. The SMILES string of the molecule is C[C@H](c1cccc(-c2ncn(C)n2)c1)N1CCCC1. The van der Waals surface area contributed by atoms with E-state index in [0.29, 0.717) is 6.04 Å². The molecule has 2 aromatic rings. The Morgan fingerprint density at radius 1 is 1.21 bits per heavy atom. The zero-order valence-electron chi connectivity index (χ0n) is 11.6. The van der Waals surface area contributed by atoms with E-state index in [0.717, 1.165) is 11.4 Å². The van der Waals surface area contributed by atoms with Gasteiger partial charge in [-0.15, -0.1) is 0 Å². The summed E-state index contributed by atoms with van der Waals surface area (Å²) in [6.07, 6.45) is 4.39. The van der Waals surface area contributed by atoms with E-state index in [1.807, 2.05) is 7.05 Å². The van der Waals surface area contributed by atoms with E-state index in [1.54, 1.807) is 11.0 Å². The van der Waals surface area contributed by atoms with Crippen LogP contribution in [0.25, 0.3) is 11.4 Å². The largest absolute Gasteiger partial charge is 0.297 e. The van der Waals surface area contributed by atoms with Crippen molar-refractivity contribution in [2.24, 2.45) is 7.05 Å². The second-order valence-corrected chi connectivity index (χ2v) is 5.29. The van der Waals surface area contributed by atoms with Crippen LogP contribution in [0, 0.1) is 0 Å². The highest BCUT2D eigenvalue weighted by Gasteiger charge is 2.19. The van der Waals surface area contributed by atoms with E-state index in [4.69, 9.17) is 0 Å². The van der Waals surface area contributed by atoms with Crippen molar-refractivity contribution < 1.29 is 0 Å². The van der Waals surface area contributed by atoms with Gasteiger partial charge in [0.05, 0.1) is 0 Å². The van der Waals surface area contributed by atoms with Crippen molar-refractivity contribution in [2.45, 2.75) is 25.8 Å². The van der Waals surface area contributed by atoms with Gasteiger partial charge in [0.1, 0.15) is 6.33 Å². The Morgan fingerprint density at radius 2 is 2.00 bits per heavy atom. The van der Waals surface area contributed by atoms with Gasteiger partial charge in [0.2, 0.25) is 0 Å². The Bertz CT molecular complexity index is 555. The zero-order valence-corrected chi connectivity index (χ0v) is 11.6. The molecule has 0 spiro atoms. The van der Waals surface area contributed by atoms with Gasteiger partial charge in [-0.05, 0) is 44.5 Å². The Hall–Kier alpha value is -1.68. The minimum absolute atomic E-state index is 0.478. The molecule has 1 fully saturated rings. The van der Waals surface area contributed by atoms with Gasteiger partial charge in [-0.2, -0.15) is 5.10 Å². The van der Waals surface area contributed by atoms with Crippen LogP contribution in [0.4, 0.5) is 0 Å². The van der Waals surface area contributed by atoms with Crippen LogP contribution in [-0.2, 0) is 7.05 Å². The first-order valence-corrected chi connectivity index (χ1v) is 6.94. The van der Waals surface area contributed by atoms with Crippen molar-refractivity contribution in [1.82, 2.24) is 19.7 Å². The van der Waals surface area contributed by atoms with Crippen LogP contribution in [0.2, 0.25) is 0 Å². The first kappa shape index (κ1) is 12.4. The molecule has 1 aliphatic heterocycles. The molecule has 19 heavy (non-hydrogen) atoms. The fourth-order valence-corrected chi connectivity index (χ4v) is 2.75. The molecule has 2 heterocycles. The first-order chi connectivity index (χ1) is 9.24. The van der Waals surface area contributed by atoms with Crippen LogP contribution in [0.1, 0.15) is 31.4 Å². The average molecular weight is 256 g/mol. The molecule has 1 saturated heterocycles. The van der Waals surface area contributed by atoms with Crippen LogP contribution >= 0.6 is 0 Å². The highest BCUT2D eigenvalue weighted by molar-refractivity contribution is 5.55. The van der Waals surface area contributed by atoms with Gasteiger partial charge in [0.15, 0.2) is 5.82 Å². The lowest BCUT2D eigenvalue weighted by Crippen LogP contribution is -2.23. The van der Waals surface area contributed by atoms with Crippen molar-refractivity contribution >= 4 is 0 Å². The molecule has 0 radical (unpaired) electrons. The Morgan fingerprint density at radius 3 is 2.68 bits per heavy atom. The molecular formula is C15H20N4. The Balaban J connectivity index is 1.87. The van der Waals surface area contributed by atoms with Crippen molar-refractivity contribution in [3.63, 3.8) is 0 Å². The average Bonchev–Trinajstić information content (AvgIpc) is 3.09. The van der Waals surface area contributed by atoms with Crippen LogP contribution in [0.15, 0.2) is 30.6 Å². The Labute approximate surface area is 114 Å². The molecule has 0 aliphatic carbocycles. The molecule has 4 heteroatoms. The molecule has 1 atom stereocenters. The van der Waals surface area contributed by atoms with Crippen LogP contribution in [-0.4, -0.2) is 32.8 Å². The van der Waals surface area contributed by atoms with Crippen molar-refractivity contribution in [3.8, 4) is 11.4 Å². The molecule has 0 N–H and O–H groups in total. The van der Waals surface area contributed by atoms with E-state index in [2.05, 4.69) is 46.2 Å². The minimum atomic E-state index is 0.478. The maximum absolute atomic E-state index is 4.37. The minimum Gasteiger partial charge on any atom is -0.297 e. The molecular weight excluding hydrogens is 236 g/mol. The maximum Gasteiger partial charge on any atom is 0.181 e. The molecule has 0 saturated carbocycles. The zero-order chi connectivity index (χ0) is 13.2. The highest BCUT2D eigenvalue weighted by Crippen LogP contribution is 2.27. The van der Waals surface area contributed by atoms with Crippen molar-refractivity contribution in [3.05, 3.63) is 36.2 Å². The lowest BCUT2D eigenvalue weighted by atomic mass is 10.0. The van der Waals surface area contributed by atoms with E-state index >= 15 is 0 Å². The van der Waals surface area contributed by atoms with Gasteiger partial charge in [-0.25, -0.2) is 4.98 Å². The fourth-order valence-electron chi connectivity index (χ4n) is 2.75. The normalized spacial score (nSPS) is 17.8. The number of aromatic nitrogens is 3. The second-order valence-electron chi connectivity index (χ2n) is 5.29. The predicted octanol–water partition coefficient (Wildman–Crippen LogP) is 2.64. The number of aryl methyl sites for hydroxylation is 1. The summed E-state index contributed by atoms with van der Waals surface area (Å²) >= 11 is 0. The van der Waals surface area contributed by atoms with Gasteiger partial charge in [-0.1, -0.05) is 18.2 Å². The second kappa shape index (κ2) is 5.13. The quantitative estimate of drug-likeness (QED) is 0.846. The van der Waals surface area contributed by atoms with Gasteiger partial charge in [-0.3, -0.25) is 9.58 Å². The van der Waals surface area contributed by atoms with Gasteiger partial charge in [0, 0.05) is 18.7 Å². The summed E-state index contributed by atoms with van der Waals surface area (Å²) in [5, 5.41) is 4.37. The third-order valence-electron chi connectivity index (χ3n) is 3.92. The standard InChI is InChI=1S/C15H20N4/c1-12(19-8-3-4-9-19)13-6-5-7-14(10-13)15-16-11-18(2)17-15/h5-7,10-12H,3-4,8-9H2,1-2H3/t12-/m1/s1. The van der Waals surface area contributed by atoms with E-state index in [1.165, 1.54) is 31.5 Å². The number of rotatable bonds is 3. The molecule has 1 aliphatic rings. The van der Waals surface area contributed by atoms with Gasteiger partial charge >= 0.3 is 0 Å². The number of hydrogen-bond donors (Lipinski definition) is 0. The van der Waals surface area contributed by atoms with Crippen LogP contribution in [0.5, 0.6) is 0 Å². The summed E-state index contributed by atoms with van der Waals surface area (Å²) in [5.74, 6) is 0.804. The summed E-state index contributed by atoms with van der Waals surface area (Å²) in [7, 11) is 1.90. The number of likely N-dealkylation sites (tertiary alicyclic amines) is 1. The predicted molar refractivity (Wildman–Crippen MR) is 75.7 cm³/mol. The van der Waals surface area contributed by atoms with E-state index in [9.17, 15) is 0 Å². The summed E-state index contributed by atoms with van der Waals surface area (Å²) in [4.78, 5) is 6.87. The van der Waals surface area contributed by atoms with Crippen LogP contribution < -0.4 is 0 Å². The summed E-state index contributed by atoms with van der Waals surface area (Å²) < 4.78 is 1.74. The molecule has 0 bridgehead atoms. The summed E-state index contributed by atoms with van der Waals surface area (Å²) in [6.45, 7) is 4.72. The molecule has 4 nitrogen and oxygen atoms in total. The maximum atomic E-state index is 4.37. The summed E-state index contributed by atoms with van der Waals surface area (Å²) in [6, 6.07) is 9.09. The number of nitrogens with zero attached hydrogens (tertiary/aromatic N) is 4. The topological polar surface area (TPSA) is 34.0 Å². The monoisotopic (exact) mass is 256 g/mol. The third kappa shape index (κ3) is 2.54. The lowest BCUT2D eigenvalue weighted by molar-refractivity contribution is 0.263. The Kier molecular flexibility index (Phi) is 3.34. The van der Waals surface area contributed by atoms with E-state index < -0.39 is 0 Å². The van der Waals surface area contributed by atoms with E-state index in [-0.39, 0.29) is 0 Å².